The van der Waals surface area contributed by atoms with Crippen LogP contribution in [0.25, 0.3) is 11.0 Å². The topological polar surface area (TPSA) is 39.2 Å². The summed E-state index contributed by atoms with van der Waals surface area (Å²) < 4.78 is 46.9. The van der Waals surface area contributed by atoms with E-state index in [1.165, 1.54) is 31.2 Å². The summed E-state index contributed by atoms with van der Waals surface area (Å²) in [6.07, 6.45) is 0. The third-order valence-corrected chi connectivity index (χ3v) is 3.45. The Hall–Kier alpha value is -2.27. The number of para-hydroxylation sites is 1. The van der Waals surface area contributed by atoms with Crippen LogP contribution in [-0.2, 0) is 0 Å². The van der Waals surface area contributed by atoms with Crippen LogP contribution in [0.1, 0.15) is 22.9 Å². The molecule has 3 aromatic rings. The zero-order chi connectivity index (χ0) is 15.1. The lowest BCUT2D eigenvalue weighted by Crippen LogP contribution is -2.15. The second-order valence-corrected chi connectivity index (χ2v) is 4.88. The van der Waals surface area contributed by atoms with Crippen molar-refractivity contribution in [2.45, 2.75) is 13.0 Å². The summed E-state index contributed by atoms with van der Waals surface area (Å²) in [7, 11) is 0. The maximum atomic E-state index is 14.1. The maximum Gasteiger partial charge on any atom is 0.169 e. The Morgan fingerprint density at radius 3 is 2.52 bits per heavy atom. The summed E-state index contributed by atoms with van der Waals surface area (Å²) in [5, 5.41) is 0.494. The zero-order valence-corrected chi connectivity index (χ0v) is 11.2. The first-order valence-corrected chi connectivity index (χ1v) is 6.37. The smallest absolute Gasteiger partial charge is 0.169 e. The van der Waals surface area contributed by atoms with Gasteiger partial charge in [0.25, 0.3) is 0 Å². The van der Waals surface area contributed by atoms with E-state index in [0.717, 1.165) is 6.07 Å². The fraction of sp³-hybridized carbons (Fsp3) is 0.125. The number of hydrogen-bond donors (Lipinski definition) is 1. The van der Waals surface area contributed by atoms with E-state index in [1.807, 2.05) is 0 Å². The molecule has 1 atom stereocenters. The first-order valence-electron chi connectivity index (χ1n) is 6.37. The van der Waals surface area contributed by atoms with Crippen LogP contribution >= 0.6 is 0 Å². The van der Waals surface area contributed by atoms with Gasteiger partial charge in [-0.1, -0.05) is 18.2 Å². The molecular weight excluding hydrogens is 279 g/mol. The van der Waals surface area contributed by atoms with Gasteiger partial charge in [0.2, 0.25) is 0 Å². The number of fused-ring (bicyclic) bond motifs is 1. The molecule has 0 aliphatic carbocycles. The third-order valence-electron chi connectivity index (χ3n) is 3.45. The number of hydrogen-bond acceptors (Lipinski definition) is 2. The molecule has 0 aliphatic heterocycles. The van der Waals surface area contributed by atoms with E-state index < -0.39 is 23.5 Å². The Morgan fingerprint density at radius 1 is 1.05 bits per heavy atom. The molecule has 1 heterocycles. The van der Waals surface area contributed by atoms with Crippen molar-refractivity contribution in [3.8, 4) is 0 Å². The van der Waals surface area contributed by atoms with Crippen molar-refractivity contribution in [2.75, 3.05) is 0 Å². The highest BCUT2D eigenvalue weighted by Crippen LogP contribution is 2.31. The molecule has 3 rings (SSSR count). The molecule has 2 aromatic carbocycles. The highest BCUT2D eigenvalue weighted by Gasteiger charge is 2.23. The summed E-state index contributed by atoms with van der Waals surface area (Å²) >= 11 is 0. The molecule has 0 bridgehead atoms. The monoisotopic (exact) mass is 291 g/mol. The summed E-state index contributed by atoms with van der Waals surface area (Å²) in [4.78, 5) is 0. The fourth-order valence-electron chi connectivity index (χ4n) is 2.31. The van der Waals surface area contributed by atoms with Gasteiger partial charge in [0, 0.05) is 10.9 Å². The van der Waals surface area contributed by atoms with E-state index >= 15 is 0 Å². The molecule has 2 N–H and O–H groups in total. The van der Waals surface area contributed by atoms with Gasteiger partial charge >= 0.3 is 0 Å². The Bertz CT molecular complexity index is 826. The Kier molecular flexibility index (Phi) is 3.22. The molecule has 0 saturated carbocycles. The molecular formula is C16H12F3NO. The molecule has 0 amide bonds. The quantitative estimate of drug-likeness (QED) is 0.768. The summed E-state index contributed by atoms with van der Waals surface area (Å²) in [5.74, 6) is -1.91. The van der Waals surface area contributed by atoms with Gasteiger partial charge in [-0.25, -0.2) is 13.2 Å². The van der Waals surface area contributed by atoms with Crippen molar-refractivity contribution in [3.05, 3.63) is 70.7 Å². The van der Waals surface area contributed by atoms with E-state index in [2.05, 4.69) is 0 Å². The third kappa shape index (κ3) is 2.19. The molecule has 2 nitrogen and oxygen atoms in total. The molecule has 5 heteroatoms. The van der Waals surface area contributed by atoms with Crippen LogP contribution in [0.4, 0.5) is 13.2 Å². The largest absolute Gasteiger partial charge is 0.456 e. The van der Waals surface area contributed by atoms with Gasteiger partial charge in [-0.3, -0.25) is 0 Å². The number of furan rings is 1. The van der Waals surface area contributed by atoms with E-state index in [9.17, 15) is 13.2 Å². The van der Waals surface area contributed by atoms with Crippen molar-refractivity contribution < 1.29 is 17.6 Å². The van der Waals surface area contributed by atoms with E-state index in [0.29, 0.717) is 5.39 Å². The zero-order valence-electron chi connectivity index (χ0n) is 11.2. The number of aryl methyl sites for hydroxylation is 1. The predicted molar refractivity (Wildman–Crippen MR) is 73.3 cm³/mol. The van der Waals surface area contributed by atoms with Crippen molar-refractivity contribution in [2.24, 2.45) is 5.73 Å². The fourth-order valence-corrected chi connectivity index (χ4v) is 2.31. The highest BCUT2D eigenvalue weighted by atomic mass is 19.1. The standard InChI is InChI=1S/C16H12F3NO/c1-8-5-6-10(17)13(14(8)19)15(20)12-7-9-3-2-4-11(18)16(9)21-12/h2-7,15H,20H2,1H3. The van der Waals surface area contributed by atoms with Gasteiger partial charge < -0.3 is 10.2 Å². The molecule has 108 valence electrons. The van der Waals surface area contributed by atoms with Crippen molar-refractivity contribution in [1.82, 2.24) is 0 Å². The van der Waals surface area contributed by atoms with Gasteiger partial charge in [-0.2, -0.15) is 0 Å². The van der Waals surface area contributed by atoms with Gasteiger partial charge in [-0.15, -0.1) is 0 Å². The summed E-state index contributed by atoms with van der Waals surface area (Å²) in [6.45, 7) is 1.52. The van der Waals surface area contributed by atoms with Crippen LogP contribution in [-0.4, -0.2) is 0 Å². The van der Waals surface area contributed by atoms with Crippen LogP contribution in [0.5, 0.6) is 0 Å². The molecule has 0 aliphatic rings. The first-order chi connectivity index (χ1) is 9.99. The Labute approximate surface area is 119 Å². The Balaban J connectivity index is 2.15. The van der Waals surface area contributed by atoms with Crippen molar-refractivity contribution in [3.63, 3.8) is 0 Å². The van der Waals surface area contributed by atoms with Crippen LogP contribution in [0.2, 0.25) is 0 Å². The number of rotatable bonds is 2. The van der Waals surface area contributed by atoms with Crippen LogP contribution in [0.15, 0.2) is 40.8 Å². The number of halogens is 3. The summed E-state index contributed by atoms with van der Waals surface area (Å²) in [5.41, 5.74) is 5.93. The molecule has 21 heavy (non-hydrogen) atoms. The van der Waals surface area contributed by atoms with Crippen LogP contribution < -0.4 is 5.73 Å². The van der Waals surface area contributed by atoms with E-state index in [-0.39, 0.29) is 22.5 Å². The van der Waals surface area contributed by atoms with Gasteiger partial charge in [0.05, 0.1) is 6.04 Å². The Morgan fingerprint density at radius 2 is 1.81 bits per heavy atom. The van der Waals surface area contributed by atoms with E-state index in [4.69, 9.17) is 10.2 Å². The van der Waals surface area contributed by atoms with Gasteiger partial charge in [0.1, 0.15) is 17.4 Å². The highest BCUT2D eigenvalue weighted by molar-refractivity contribution is 5.78. The van der Waals surface area contributed by atoms with Gasteiger partial charge in [0.15, 0.2) is 11.4 Å². The van der Waals surface area contributed by atoms with Crippen LogP contribution in [0, 0.1) is 24.4 Å². The first kappa shape index (κ1) is 13.7. The lowest BCUT2D eigenvalue weighted by atomic mass is 10.0. The summed E-state index contributed by atoms with van der Waals surface area (Å²) in [6, 6.07) is 7.24. The molecule has 0 fully saturated rings. The minimum atomic E-state index is -1.14. The second-order valence-electron chi connectivity index (χ2n) is 4.88. The minimum absolute atomic E-state index is 0.0245. The minimum Gasteiger partial charge on any atom is -0.456 e. The lowest BCUT2D eigenvalue weighted by molar-refractivity contribution is 0.475. The van der Waals surface area contributed by atoms with E-state index in [1.54, 1.807) is 6.07 Å². The molecule has 0 radical (unpaired) electrons. The maximum absolute atomic E-state index is 14.1. The lowest BCUT2D eigenvalue weighted by Gasteiger charge is -2.12. The molecule has 1 aromatic heterocycles. The van der Waals surface area contributed by atoms with Gasteiger partial charge in [-0.05, 0) is 30.7 Å². The van der Waals surface area contributed by atoms with Crippen molar-refractivity contribution in [1.29, 1.82) is 0 Å². The van der Waals surface area contributed by atoms with Crippen molar-refractivity contribution >= 4 is 11.0 Å². The van der Waals surface area contributed by atoms with Crippen LogP contribution in [0.3, 0.4) is 0 Å². The average molecular weight is 291 g/mol. The molecule has 1 unspecified atom stereocenters. The normalized spacial score (nSPS) is 12.8. The number of nitrogens with two attached hydrogens (primary N) is 1. The predicted octanol–water partition coefficient (Wildman–Crippen LogP) is 4.21. The molecule has 0 saturated heterocycles. The average Bonchev–Trinajstić information content (AvgIpc) is 2.89. The second kappa shape index (κ2) is 4.93. The molecule has 0 spiro atoms. The number of benzene rings is 2. The SMILES string of the molecule is Cc1ccc(F)c(C(N)c2cc3cccc(F)c3o2)c1F.